The third kappa shape index (κ3) is 2.54. The molecule has 1 aromatic carbocycles. The minimum Gasteiger partial charge on any atom is -0.480 e. The normalized spacial score (nSPS) is 11.2. The molecule has 1 aromatic heterocycles. The first-order valence-electron chi connectivity index (χ1n) is 5.28. The van der Waals surface area contributed by atoms with Crippen LogP contribution in [0.2, 0.25) is 0 Å². The van der Waals surface area contributed by atoms with Gasteiger partial charge in [-0.1, -0.05) is 18.2 Å². The van der Waals surface area contributed by atoms with Gasteiger partial charge in [0.2, 0.25) is 0 Å². The van der Waals surface area contributed by atoms with Crippen LogP contribution in [0.3, 0.4) is 0 Å². The Morgan fingerprint density at radius 3 is 2.65 bits per heavy atom. The van der Waals surface area contributed by atoms with E-state index in [1.807, 2.05) is 0 Å². The second kappa shape index (κ2) is 5.17. The Kier molecular flexibility index (Phi) is 3.57. The van der Waals surface area contributed by atoms with Crippen molar-refractivity contribution in [3.8, 4) is 0 Å². The second-order valence-electron chi connectivity index (χ2n) is 3.65. The van der Waals surface area contributed by atoms with Crippen molar-refractivity contribution in [3.05, 3.63) is 35.5 Å². The van der Waals surface area contributed by atoms with Gasteiger partial charge in [-0.15, -0.1) is 0 Å². The highest BCUT2D eigenvalue weighted by Gasteiger charge is 2.34. The summed E-state index contributed by atoms with van der Waals surface area (Å²) in [7, 11) is -4.17. The Labute approximate surface area is 112 Å². The van der Waals surface area contributed by atoms with Crippen molar-refractivity contribution < 1.29 is 27.9 Å². The van der Waals surface area contributed by atoms with Gasteiger partial charge in [-0.3, -0.25) is 9.42 Å². The number of nitrogens with one attached hydrogen (secondary N) is 1. The summed E-state index contributed by atoms with van der Waals surface area (Å²) in [5, 5.41) is 24.6. The first kappa shape index (κ1) is 13.8. The quantitative estimate of drug-likeness (QED) is 0.714. The molecular weight excluding hydrogens is 290 g/mol. The maximum absolute atomic E-state index is 12.3. The number of sulfone groups is 1. The Hall–Kier alpha value is -2.62. The number of aliphatic carboxylic acids is 1. The van der Waals surface area contributed by atoms with Crippen molar-refractivity contribution in [1.29, 1.82) is 0 Å². The van der Waals surface area contributed by atoms with E-state index in [1.165, 1.54) is 24.3 Å². The molecule has 0 bridgehead atoms. The fourth-order valence-electron chi connectivity index (χ4n) is 1.44. The molecule has 0 amide bonds. The Morgan fingerprint density at radius 1 is 1.40 bits per heavy atom. The van der Waals surface area contributed by atoms with Crippen molar-refractivity contribution in [3.63, 3.8) is 0 Å². The fourth-order valence-corrected chi connectivity index (χ4v) is 2.78. The van der Waals surface area contributed by atoms with Gasteiger partial charge in [0.05, 0.1) is 10.1 Å². The van der Waals surface area contributed by atoms with Gasteiger partial charge in [0.25, 0.3) is 9.84 Å². The van der Waals surface area contributed by atoms with E-state index >= 15 is 0 Å². The van der Waals surface area contributed by atoms with Crippen molar-refractivity contribution in [1.82, 2.24) is 5.16 Å². The molecule has 0 fully saturated rings. The number of hydrogen-bond donors (Lipinski definition) is 2. The average molecular weight is 299 g/mol. The summed E-state index contributed by atoms with van der Waals surface area (Å²) in [5.74, 6) is -1.69. The first-order chi connectivity index (χ1) is 9.43. The highest BCUT2D eigenvalue weighted by atomic mass is 32.2. The van der Waals surface area contributed by atoms with Crippen molar-refractivity contribution in [2.45, 2.75) is 9.92 Å². The van der Waals surface area contributed by atoms with Gasteiger partial charge < -0.3 is 15.6 Å². The third-order valence-corrected chi connectivity index (χ3v) is 4.03. The molecule has 0 saturated carbocycles. The van der Waals surface area contributed by atoms with Crippen LogP contribution in [0.1, 0.15) is 0 Å². The van der Waals surface area contributed by atoms with Crippen LogP contribution in [-0.4, -0.2) is 31.2 Å². The molecule has 0 aliphatic heterocycles. The summed E-state index contributed by atoms with van der Waals surface area (Å²) in [5.41, 5.74) is 0. The third-order valence-electron chi connectivity index (χ3n) is 2.29. The van der Waals surface area contributed by atoms with Crippen LogP contribution in [0.15, 0.2) is 44.9 Å². The number of anilines is 1. The number of rotatable bonds is 5. The maximum Gasteiger partial charge on any atom is 0.338 e. The molecule has 1 heterocycles. The van der Waals surface area contributed by atoms with Crippen LogP contribution in [-0.2, 0) is 14.6 Å². The SMILES string of the molecule is O=C(O)CNc1no[n+]([O-])c1S(=O)(=O)c1ccccc1. The monoisotopic (exact) mass is 299 g/mol. The lowest BCUT2D eigenvalue weighted by atomic mass is 10.4. The molecule has 0 unspecified atom stereocenters. The lowest BCUT2D eigenvalue weighted by Crippen LogP contribution is -2.31. The Morgan fingerprint density at radius 2 is 2.05 bits per heavy atom. The Balaban J connectivity index is 2.47. The zero-order chi connectivity index (χ0) is 14.8. The van der Waals surface area contributed by atoms with Crippen LogP contribution in [0, 0.1) is 5.21 Å². The van der Waals surface area contributed by atoms with Crippen LogP contribution in [0.25, 0.3) is 0 Å². The van der Waals surface area contributed by atoms with Gasteiger partial charge in [0.1, 0.15) is 6.54 Å². The van der Waals surface area contributed by atoms with Crippen LogP contribution in [0.4, 0.5) is 5.82 Å². The molecule has 0 saturated heterocycles. The summed E-state index contributed by atoms with van der Waals surface area (Å²) in [6, 6.07) is 7.17. The van der Waals surface area contributed by atoms with Crippen LogP contribution in [0.5, 0.6) is 0 Å². The van der Waals surface area contributed by atoms with Crippen LogP contribution < -0.4 is 10.2 Å². The van der Waals surface area contributed by atoms with Gasteiger partial charge in [-0.2, -0.15) is 0 Å². The predicted molar refractivity (Wildman–Crippen MR) is 63.5 cm³/mol. The molecule has 2 N–H and O–H groups in total. The number of aromatic nitrogens is 2. The number of hydrogen-bond acceptors (Lipinski definition) is 7. The van der Waals surface area contributed by atoms with Gasteiger partial charge in [0.15, 0.2) is 0 Å². The van der Waals surface area contributed by atoms with Crippen LogP contribution >= 0.6 is 0 Å². The van der Waals surface area contributed by atoms with Crippen molar-refractivity contribution >= 4 is 21.6 Å². The van der Waals surface area contributed by atoms with Crippen molar-refractivity contribution in [2.24, 2.45) is 0 Å². The number of carboxylic acids is 1. The minimum absolute atomic E-state index is 0.133. The molecular formula is C10H9N3O6S. The zero-order valence-electron chi connectivity index (χ0n) is 9.88. The van der Waals surface area contributed by atoms with E-state index in [2.05, 4.69) is 15.1 Å². The van der Waals surface area contributed by atoms with E-state index in [-0.39, 0.29) is 9.80 Å². The highest BCUT2D eigenvalue weighted by molar-refractivity contribution is 7.91. The molecule has 10 heteroatoms. The van der Waals surface area contributed by atoms with E-state index in [0.717, 1.165) is 0 Å². The van der Waals surface area contributed by atoms with E-state index in [9.17, 15) is 18.4 Å². The Bertz CT molecular complexity index is 725. The first-order valence-corrected chi connectivity index (χ1v) is 6.77. The molecule has 20 heavy (non-hydrogen) atoms. The lowest BCUT2D eigenvalue weighted by Gasteiger charge is -2.02. The van der Waals surface area contributed by atoms with E-state index < -0.39 is 33.2 Å². The molecule has 0 aliphatic carbocycles. The predicted octanol–water partition coefficient (Wildman–Crippen LogP) is -0.363. The number of carboxylic acid groups (broad SMARTS) is 1. The van der Waals surface area contributed by atoms with Gasteiger partial charge in [-0.25, -0.2) is 8.42 Å². The average Bonchev–Trinajstić information content (AvgIpc) is 2.79. The van der Waals surface area contributed by atoms with Gasteiger partial charge in [-0.05, 0) is 17.0 Å². The minimum atomic E-state index is -4.17. The highest BCUT2D eigenvalue weighted by Crippen LogP contribution is 2.22. The number of benzene rings is 1. The fraction of sp³-hybridized carbons (Fsp3) is 0.100. The standard InChI is InChI=1S/C10H9N3O6S/c14-8(15)6-11-9-10(13(16)19-12-9)20(17,18)7-4-2-1-3-5-7/h1-5H,6H2,(H,11,12)(H,14,15). The summed E-state index contributed by atoms with van der Waals surface area (Å²) >= 11 is 0. The summed E-state index contributed by atoms with van der Waals surface area (Å²) in [4.78, 5) is 10.0. The summed E-state index contributed by atoms with van der Waals surface area (Å²) < 4.78 is 28.8. The molecule has 0 aliphatic rings. The summed E-state index contributed by atoms with van der Waals surface area (Å²) in [6.45, 7) is -0.607. The second-order valence-corrected chi connectivity index (χ2v) is 5.51. The van der Waals surface area contributed by atoms with E-state index in [4.69, 9.17) is 5.11 Å². The maximum atomic E-state index is 12.3. The molecule has 9 nitrogen and oxygen atoms in total. The number of nitrogens with zero attached hydrogens (tertiary/aromatic N) is 2. The molecule has 2 rings (SSSR count). The number of carbonyl (C=O) groups is 1. The van der Waals surface area contributed by atoms with E-state index in [0.29, 0.717) is 0 Å². The van der Waals surface area contributed by atoms with Gasteiger partial charge >= 0.3 is 16.8 Å². The molecule has 0 spiro atoms. The lowest BCUT2D eigenvalue weighted by molar-refractivity contribution is -0.832. The molecule has 106 valence electrons. The molecule has 2 aromatic rings. The van der Waals surface area contributed by atoms with Crippen molar-refractivity contribution in [2.75, 3.05) is 11.9 Å². The van der Waals surface area contributed by atoms with Gasteiger partial charge in [0, 0.05) is 0 Å². The topological polar surface area (TPSA) is 136 Å². The molecule has 0 atom stereocenters. The zero-order valence-corrected chi connectivity index (χ0v) is 10.7. The summed E-state index contributed by atoms with van der Waals surface area (Å²) in [6.07, 6.45) is 0. The largest absolute Gasteiger partial charge is 0.480 e. The molecule has 0 radical (unpaired) electrons. The smallest absolute Gasteiger partial charge is 0.338 e. The van der Waals surface area contributed by atoms with E-state index in [1.54, 1.807) is 6.07 Å².